The van der Waals surface area contributed by atoms with E-state index in [1.54, 1.807) is 6.92 Å². The van der Waals surface area contributed by atoms with Crippen LogP contribution in [0.2, 0.25) is 0 Å². The molecule has 1 heterocycles. The van der Waals surface area contributed by atoms with E-state index in [9.17, 15) is 4.79 Å². The standard InChI is InChI=1S/C18H21N3O/c1-5-9-17-20-14(4)16(12-19-18(22)13(2)3)21(17)15-10-7-6-8-11-15/h5-8,10-11H,1-2,9,12H2,3-4H3,(H,19,22). The second-order valence-corrected chi connectivity index (χ2v) is 5.19. The number of carbonyl (C=O) groups is 1. The lowest BCUT2D eigenvalue weighted by Crippen LogP contribution is -2.25. The van der Waals surface area contributed by atoms with Gasteiger partial charge in [-0.1, -0.05) is 30.9 Å². The van der Waals surface area contributed by atoms with Crippen LogP contribution in [0.3, 0.4) is 0 Å². The lowest BCUT2D eigenvalue weighted by atomic mass is 10.2. The Bertz CT molecular complexity index is 699. The van der Waals surface area contributed by atoms with Crippen molar-refractivity contribution in [3.05, 3.63) is 72.4 Å². The minimum absolute atomic E-state index is 0.148. The van der Waals surface area contributed by atoms with Crippen molar-refractivity contribution >= 4 is 5.91 Å². The molecule has 4 nitrogen and oxygen atoms in total. The predicted molar refractivity (Wildman–Crippen MR) is 88.9 cm³/mol. The zero-order valence-corrected chi connectivity index (χ0v) is 13.1. The van der Waals surface area contributed by atoms with E-state index in [1.807, 2.05) is 43.3 Å². The van der Waals surface area contributed by atoms with Gasteiger partial charge in [-0.05, 0) is 26.0 Å². The molecule has 0 aliphatic heterocycles. The van der Waals surface area contributed by atoms with Crippen molar-refractivity contribution in [1.29, 1.82) is 0 Å². The molecular weight excluding hydrogens is 274 g/mol. The van der Waals surface area contributed by atoms with Gasteiger partial charge in [-0.2, -0.15) is 0 Å². The Morgan fingerprint density at radius 3 is 2.64 bits per heavy atom. The average molecular weight is 295 g/mol. The number of carbonyl (C=O) groups excluding carboxylic acids is 1. The largest absolute Gasteiger partial charge is 0.347 e. The topological polar surface area (TPSA) is 46.9 Å². The van der Waals surface area contributed by atoms with Crippen molar-refractivity contribution in [2.75, 3.05) is 0 Å². The minimum atomic E-state index is -0.148. The molecule has 0 saturated heterocycles. The Labute approximate surface area is 131 Å². The van der Waals surface area contributed by atoms with E-state index in [1.165, 1.54) is 0 Å². The number of para-hydroxylation sites is 1. The summed E-state index contributed by atoms with van der Waals surface area (Å²) in [6.45, 7) is 11.5. The summed E-state index contributed by atoms with van der Waals surface area (Å²) in [6, 6.07) is 10.00. The third kappa shape index (κ3) is 3.34. The second-order valence-electron chi connectivity index (χ2n) is 5.19. The van der Waals surface area contributed by atoms with E-state index in [0.29, 0.717) is 18.5 Å². The number of hydrogen-bond donors (Lipinski definition) is 1. The first-order valence-corrected chi connectivity index (χ1v) is 7.21. The molecule has 4 heteroatoms. The second kappa shape index (κ2) is 6.89. The maximum absolute atomic E-state index is 11.8. The van der Waals surface area contributed by atoms with Gasteiger partial charge < -0.3 is 5.32 Å². The number of aromatic nitrogens is 2. The Morgan fingerprint density at radius 1 is 1.36 bits per heavy atom. The summed E-state index contributed by atoms with van der Waals surface area (Å²) >= 11 is 0. The quantitative estimate of drug-likeness (QED) is 0.657. The highest BCUT2D eigenvalue weighted by molar-refractivity contribution is 5.92. The number of amides is 1. The van der Waals surface area contributed by atoms with Crippen LogP contribution < -0.4 is 5.32 Å². The average Bonchev–Trinajstić information content (AvgIpc) is 2.81. The fourth-order valence-electron chi connectivity index (χ4n) is 2.30. The first kappa shape index (κ1) is 15.8. The number of benzene rings is 1. The van der Waals surface area contributed by atoms with E-state index >= 15 is 0 Å². The molecule has 0 atom stereocenters. The highest BCUT2D eigenvalue weighted by Gasteiger charge is 2.15. The van der Waals surface area contributed by atoms with Gasteiger partial charge in [0.1, 0.15) is 5.82 Å². The SMILES string of the molecule is C=CCc1nc(C)c(CNC(=O)C(=C)C)n1-c1ccccc1. The van der Waals surface area contributed by atoms with E-state index < -0.39 is 0 Å². The zero-order chi connectivity index (χ0) is 16.1. The van der Waals surface area contributed by atoms with E-state index in [4.69, 9.17) is 0 Å². The summed E-state index contributed by atoms with van der Waals surface area (Å²) in [5.41, 5.74) is 3.40. The molecule has 1 amide bonds. The Hall–Kier alpha value is -2.62. The van der Waals surface area contributed by atoms with Crippen molar-refractivity contribution in [2.24, 2.45) is 0 Å². The molecule has 0 spiro atoms. The molecule has 0 saturated carbocycles. The Morgan fingerprint density at radius 2 is 2.05 bits per heavy atom. The molecule has 0 aliphatic carbocycles. The number of allylic oxidation sites excluding steroid dienone is 1. The molecule has 0 bridgehead atoms. The predicted octanol–water partition coefficient (Wildman–Crippen LogP) is 3.10. The van der Waals surface area contributed by atoms with Gasteiger partial charge in [-0.15, -0.1) is 6.58 Å². The van der Waals surface area contributed by atoms with Crippen molar-refractivity contribution in [1.82, 2.24) is 14.9 Å². The summed E-state index contributed by atoms with van der Waals surface area (Å²) in [4.78, 5) is 16.4. The maximum Gasteiger partial charge on any atom is 0.246 e. The van der Waals surface area contributed by atoms with Crippen molar-refractivity contribution in [2.45, 2.75) is 26.8 Å². The van der Waals surface area contributed by atoms with E-state index in [2.05, 4.69) is 28.0 Å². The summed E-state index contributed by atoms with van der Waals surface area (Å²) < 4.78 is 2.08. The number of nitrogens with zero attached hydrogens (tertiary/aromatic N) is 2. The van der Waals surface area contributed by atoms with Crippen LogP contribution in [-0.4, -0.2) is 15.5 Å². The van der Waals surface area contributed by atoms with Crippen LogP contribution in [-0.2, 0) is 17.8 Å². The summed E-state index contributed by atoms with van der Waals surface area (Å²) in [7, 11) is 0. The normalized spacial score (nSPS) is 10.3. The van der Waals surface area contributed by atoms with Crippen LogP contribution in [0.5, 0.6) is 0 Å². The first-order valence-electron chi connectivity index (χ1n) is 7.21. The van der Waals surface area contributed by atoms with Crippen LogP contribution >= 0.6 is 0 Å². The van der Waals surface area contributed by atoms with Crippen LogP contribution in [0.1, 0.15) is 24.1 Å². The molecule has 0 aliphatic rings. The van der Waals surface area contributed by atoms with Crippen LogP contribution in [0.4, 0.5) is 0 Å². The van der Waals surface area contributed by atoms with Gasteiger partial charge in [-0.25, -0.2) is 4.98 Å². The molecule has 22 heavy (non-hydrogen) atoms. The molecule has 1 aromatic carbocycles. The number of hydrogen-bond acceptors (Lipinski definition) is 2. The number of imidazole rings is 1. The molecular formula is C18H21N3O. The minimum Gasteiger partial charge on any atom is -0.347 e. The van der Waals surface area contributed by atoms with Gasteiger partial charge >= 0.3 is 0 Å². The summed E-state index contributed by atoms with van der Waals surface area (Å²) in [6.07, 6.45) is 2.50. The van der Waals surface area contributed by atoms with Gasteiger partial charge in [0.25, 0.3) is 0 Å². The first-order chi connectivity index (χ1) is 10.5. The maximum atomic E-state index is 11.8. The number of rotatable bonds is 6. The lowest BCUT2D eigenvalue weighted by Gasteiger charge is -2.13. The Kier molecular flexibility index (Phi) is 4.94. The lowest BCUT2D eigenvalue weighted by molar-refractivity contribution is -0.117. The third-order valence-electron chi connectivity index (χ3n) is 3.39. The van der Waals surface area contributed by atoms with Gasteiger partial charge in [-0.3, -0.25) is 9.36 Å². The Balaban J connectivity index is 2.42. The fraction of sp³-hybridized carbons (Fsp3) is 0.222. The smallest absolute Gasteiger partial charge is 0.246 e. The van der Waals surface area contributed by atoms with E-state index in [-0.39, 0.29) is 5.91 Å². The molecule has 0 radical (unpaired) electrons. The highest BCUT2D eigenvalue weighted by Crippen LogP contribution is 2.19. The van der Waals surface area contributed by atoms with E-state index in [0.717, 1.165) is 22.9 Å². The monoisotopic (exact) mass is 295 g/mol. The van der Waals surface area contributed by atoms with Crippen LogP contribution in [0, 0.1) is 6.92 Å². The molecule has 2 rings (SSSR count). The van der Waals surface area contributed by atoms with Gasteiger partial charge in [0.05, 0.1) is 17.9 Å². The third-order valence-corrected chi connectivity index (χ3v) is 3.39. The molecule has 1 aromatic heterocycles. The van der Waals surface area contributed by atoms with Gasteiger partial charge in [0.15, 0.2) is 0 Å². The molecule has 114 valence electrons. The van der Waals surface area contributed by atoms with Crippen LogP contribution in [0.25, 0.3) is 5.69 Å². The van der Waals surface area contributed by atoms with Gasteiger partial charge in [0, 0.05) is 17.7 Å². The number of nitrogens with one attached hydrogen (secondary N) is 1. The fourth-order valence-corrected chi connectivity index (χ4v) is 2.30. The van der Waals surface area contributed by atoms with Crippen molar-refractivity contribution in [3.8, 4) is 5.69 Å². The zero-order valence-electron chi connectivity index (χ0n) is 13.1. The van der Waals surface area contributed by atoms with Crippen LogP contribution in [0.15, 0.2) is 55.1 Å². The summed E-state index contributed by atoms with van der Waals surface area (Å²) in [5.74, 6) is 0.767. The molecule has 1 N–H and O–H groups in total. The molecule has 2 aromatic rings. The molecule has 0 unspecified atom stereocenters. The van der Waals surface area contributed by atoms with Crippen molar-refractivity contribution in [3.63, 3.8) is 0 Å². The number of aryl methyl sites for hydroxylation is 1. The van der Waals surface area contributed by atoms with Crippen molar-refractivity contribution < 1.29 is 4.79 Å². The summed E-state index contributed by atoms with van der Waals surface area (Å²) in [5, 5.41) is 2.88. The molecule has 0 fully saturated rings. The highest BCUT2D eigenvalue weighted by atomic mass is 16.1. The van der Waals surface area contributed by atoms with Gasteiger partial charge in [0.2, 0.25) is 5.91 Å².